The van der Waals surface area contributed by atoms with Gasteiger partial charge in [0.1, 0.15) is 23.6 Å². The van der Waals surface area contributed by atoms with Gasteiger partial charge in [-0.15, -0.1) is 10.2 Å². The highest BCUT2D eigenvalue weighted by Crippen LogP contribution is 2.42. The van der Waals surface area contributed by atoms with Crippen LogP contribution in [0, 0.1) is 5.82 Å². The van der Waals surface area contributed by atoms with Gasteiger partial charge in [-0.05, 0) is 48.7 Å². The van der Waals surface area contributed by atoms with Crippen LogP contribution in [0.3, 0.4) is 0 Å². The highest BCUT2D eigenvalue weighted by Gasteiger charge is 2.35. The first-order valence-electron chi connectivity index (χ1n) is 12.1. The van der Waals surface area contributed by atoms with Crippen molar-refractivity contribution >= 4 is 11.0 Å². The van der Waals surface area contributed by atoms with Gasteiger partial charge in [0, 0.05) is 25.7 Å². The van der Waals surface area contributed by atoms with Crippen molar-refractivity contribution in [2.24, 2.45) is 7.05 Å². The molecule has 0 aliphatic heterocycles. The molecular formula is C28H25F5N6. The third kappa shape index (κ3) is 5.40. The summed E-state index contributed by atoms with van der Waals surface area (Å²) in [6, 6.07) is 14.5. The molecule has 0 bridgehead atoms. The van der Waals surface area contributed by atoms with Crippen LogP contribution < -0.4 is 5.32 Å². The predicted octanol–water partition coefficient (Wildman–Crippen LogP) is 6.69. The van der Waals surface area contributed by atoms with Crippen LogP contribution in [0.1, 0.15) is 25.0 Å². The van der Waals surface area contributed by atoms with Crippen LogP contribution in [0.2, 0.25) is 0 Å². The fourth-order valence-corrected chi connectivity index (χ4v) is 4.53. The molecule has 5 rings (SSSR count). The minimum absolute atomic E-state index is 0.00337. The van der Waals surface area contributed by atoms with Gasteiger partial charge in [0.05, 0.1) is 22.2 Å². The van der Waals surface area contributed by atoms with Gasteiger partial charge in [-0.25, -0.2) is 13.8 Å². The molecule has 0 amide bonds. The minimum atomic E-state index is -4.71. The van der Waals surface area contributed by atoms with E-state index >= 15 is 4.39 Å². The van der Waals surface area contributed by atoms with Gasteiger partial charge in [0.2, 0.25) is 0 Å². The summed E-state index contributed by atoms with van der Waals surface area (Å²) in [6.45, 7) is 2.70. The van der Waals surface area contributed by atoms with Crippen molar-refractivity contribution in [3.05, 3.63) is 77.9 Å². The van der Waals surface area contributed by atoms with Gasteiger partial charge in [0.15, 0.2) is 5.82 Å². The van der Waals surface area contributed by atoms with Gasteiger partial charge in [-0.2, -0.15) is 13.2 Å². The molecule has 0 radical (unpaired) electrons. The Balaban J connectivity index is 1.72. The van der Waals surface area contributed by atoms with Crippen molar-refractivity contribution in [2.45, 2.75) is 32.2 Å². The Morgan fingerprint density at radius 1 is 0.974 bits per heavy atom. The number of halogens is 5. The lowest BCUT2D eigenvalue weighted by molar-refractivity contribution is -0.136. The molecule has 0 saturated carbocycles. The maximum atomic E-state index is 15.6. The lowest BCUT2D eigenvalue weighted by Gasteiger charge is -2.15. The molecule has 0 unspecified atom stereocenters. The van der Waals surface area contributed by atoms with E-state index < -0.39 is 23.2 Å². The van der Waals surface area contributed by atoms with E-state index in [0.717, 1.165) is 11.6 Å². The van der Waals surface area contributed by atoms with E-state index in [0.29, 0.717) is 17.0 Å². The predicted molar refractivity (Wildman–Crippen MR) is 139 cm³/mol. The number of H-pyrrole nitrogens is 1. The zero-order valence-corrected chi connectivity index (χ0v) is 21.4. The highest BCUT2D eigenvalue weighted by atomic mass is 19.4. The Bertz CT molecular complexity index is 1630. The van der Waals surface area contributed by atoms with Crippen LogP contribution in [0.15, 0.2) is 60.9 Å². The molecule has 0 fully saturated rings. The smallest absolute Gasteiger partial charge is 0.337 e. The molecule has 3 aromatic carbocycles. The molecule has 0 aliphatic carbocycles. The number of aryl methyl sites for hydroxylation is 1. The molecule has 0 aliphatic rings. The first kappa shape index (κ1) is 26.5. The second-order valence-corrected chi connectivity index (χ2v) is 9.92. The Morgan fingerprint density at radius 3 is 2.36 bits per heavy atom. The van der Waals surface area contributed by atoms with Gasteiger partial charge in [-0.3, -0.25) is 0 Å². The standard InChI is InChI=1S/C28H25F5N6/c1-27(2,30)14-34-13-16-11-19(28(31,32)33)24-21(12-16)36-25(37-24)23-20(29)10-9-18(17-7-5-4-6-8-17)22(23)26-38-35-15-39(26)3/h4-12,15,34H,13-14H2,1-3H3,(H,36,37). The lowest BCUT2D eigenvalue weighted by atomic mass is 9.94. The maximum Gasteiger partial charge on any atom is 0.418 e. The van der Waals surface area contributed by atoms with Gasteiger partial charge >= 0.3 is 6.18 Å². The van der Waals surface area contributed by atoms with E-state index in [2.05, 4.69) is 25.5 Å². The maximum absolute atomic E-state index is 15.6. The number of aromatic nitrogens is 5. The molecule has 2 N–H and O–H groups in total. The van der Waals surface area contributed by atoms with Crippen LogP contribution in [-0.4, -0.2) is 36.9 Å². The van der Waals surface area contributed by atoms with Gasteiger partial charge in [0.25, 0.3) is 0 Å². The van der Waals surface area contributed by atoms with Gasteiger partial charge in [-0.1, -0.05) is 36.4 Å². The van der Waals surface area contributed by atoms with Crippen molar-refractivity contribution in [1.82, 2.24) is 30.0 Å². The van der Waals surface area contributed by atoms with Crippen molar-refractivity contribution in [1.29, 1.82) is 0 Å². The topological polar surface area (TPSA) is 71.4 Å². The Hall–Kier alpha value is -4.12. The number of rotatable bonds is 7. The van der Waals surface area contributed by atoms with Crippen LogP contribution in [0.5, 0.6) is 0 Å². The fourth-order valence-electron chi connectivity index (χ4n) is 4.53. The fraction of sp³-hybridized carbons (Fsp3) is 0.250. The average molecular weight is 541 g/mol. The number of hydrogen-bond donors (Lipinski definition) is 2. The van der Waals surface area contributed by atoms with E-state index in [4.69, 9.17) is 0 Å². The zero-order valence-electron chi connectivity index (χ0n) is 21.4. The number of alkyl halides is 4. The van der Waals surface area contributed by atoms with Crippen molar-refractivity contribution in [2.75, 3.05) is 6.54 Å². The number of hydrogen-bond acceptors (Lipinski definition) is 4. The van der Waals surface area contributed by atoms with Crippen molar-refractivity contribution in [3.8, 4) is 33.9 Å². The monoisotopic (exact) mass is 540 g/mol. The molecule has 0 spiro atoms. The van der Waals surface area contributed by atoms with Crippen LogP contribution in [0.4, 0.5) is 22.0 Å². The Labute approximate surface area is 220 Å². The molecule has 11 heteroatoms. The number of aromatic amines is 1. The zero-order chi connectivity index (χ0) is 27.9. The second-order valence-electron chi connectivity index (χ2n) is 9.92. The largest absolute Gasteiger partial charge is 0.418 e. The summed E-state index contributed by atoms with van der Waals surface area (Å²) in [7, 11) is 1.69. The number of nitrogens with zero attached hydrogens (tertiary/aromatic N) is 4. The number of nitrogens with one attached hydrogen (secondary N) is 2. The minimum Gasteiger partial charge on any atom is -0.337 e. The van der Waals surface area contributed by atoms with Crippen molar-refractivity contribution < 1.29 is 22.0 Å². The quantitative estimate of drug-likeness (QED) is 0.226. The first-order valence-corrected chi connectivity index (χ1v) is 12.1. The number of benzene rings is 3. The highest BCUT2D eigenvalue weighted by molar-refractivity contribution is 5.93. The van der Waals surface area contributed by atoms with E-state index in [9.17, 15) is 17.6 Å². The summed E-state index contributed by atoms with van der Waals surface area (Å²) in [4.78, 5) is 7.14. The van der Waals surface area contributed by atoms with E-state index in [1.54, 1.807) is 17.7 Å². The summed E-state index contributed by atoms with van der Waals surface area (Å²) in [5.74, 6) is -0.454. The SMILES string of the molecule is Cn1cnnc1-c1c(-c2ccccc2)ccc(F)c1-c1nc2cc(CNCC(C)(C)F)cc(C(F)(F)F)c2[nH]1. The van der Waals surface area contributed by atoms with Crippen LogP contribution >= 0.6 is 0 Å². The van der Waals surface area contributed by atoms with Crippen LogP contribution in [-0.2, 0) is 19.8 Å². The molecule has 2 aromatic heterocycles. The molecule has 5 aromatic rings. The molecule has 6 nitrogen and oxygen atoms in total. The summed E-state index contributed by atoms with van der Waals surface area (Å²) < 4.78 is 73.4. The third-order valence-corrected chi connectivity index (χ3v) is 6.24. The van der Waals surface area contributed by atoms with E-state index in [-0.39, 0.29) is 41.1 Å². The average Bonchev–Trinajstić information content (AvgIpc) is 3.48. The van der Waals surface area contributed by atoms with E-state index in [1.165, 1.54) is 32.3 Å². The molecule has 0 atom stereocenters. The Morgan fingerprint density at radius 2 is 1.72 bits per heavy atom. The lowest BCUT2D eigenvalue weighted by Crippen LogP contribution is -2.30. The van der Waals surface area contributed by atoms with E-state index in [1.807, 2.05) is 30.3 Å². The summed E-state index contributed by atoms with van der Waals surface area (Å²) in [5, 5.41) is 10.9. The summed E-state index contributed by atoms with van der Waals surface area (Å²) in [6.07, 6.45) is -3.26. The summed E-state index contributed by atoms with van der Waals surface area (Å²) in [5.41, 5.74) is -0.819. The van der Waals surface area contributed by atoms with Crippen molar-refractivity contribution in [3.63, 3.8) is 0 Å². The first-order chi connectivity index (χ1) is 18.4. The van der Waals surface area contributed by atoms with Crippen LogP contribution in [0.25, 0.3) is 44.9 Å². The number of imidazole rings is 1. The molecule has 0 saturated heterocycles. The summed E-state index contributed by atoms with van der Waals surface area (Å²) >= 11 is 0. The normalized spacial score (nSPS) is 12.4. The van der Waals surface area contributed by atoms with Gasteiger partial charge < -0.3 is 14.9 Å². The molecule has 39 heavy (non-hydrogen) atoms. The molecular weight excluding hydrogens is 515 g/mol. The Kier molecular flexibility index (Phi) is 6.71. The third-order valence-electron chi connectivity index (χ3n) is 6.24. The number of fused-ring (bicyclic) bond motifs is 1. The molecule has 202 valence electrons. The second kappa shape index (κ2) is 9.88. The molecule has 2 heterocycles.